The minimum atomic E-state index is -3.74. The molecule has 1 heterocycles. The molecule has 1 amide bonds. The maximum absolute atomic E-state index is 12.4. The summed E-state index contributed by atoms with van der Waals surface area (Å²) in [6.45, 7) is 3.07. The van der Waals surface area contributed by atoms with Gasteiger partial charge in [0.1, 0.15) is 4.90 Å². The van der Waals surface area contributed by atoms with E-state index in [2.05, 4.69) is 21.8 Å². The van der Waals surface area contributed by atoms with Crippen LogP contribution in [0.3, 0.4) is 0 Å². The van der Waals surface area contributed by atoms with Crippen LogP contribution < -0.4 is 10.2 Å². The molecule has 0 radical (unpaired) electrons. The number of nitrogens with one attached hydrogen (secondary N) is 1. The van der Waals surface area contributed by atoms with Gasteiger partial charge in [0.2, 0.25) is 5.91 Å². The van der Waals surface area contributed by atoms with E-state index in [1.165, 1.54) is 5.56 Å². The number of sulfonamides is 1. The van der Waals surface area contributed by atoms with Gasteiger partial charge in [0.15, 0.2) is 5.17 Å². The van der Waals surface area contributed by atoms with E-state index >= 15 is 0 Å². The fraction of sp³-hybridized carbons (Fsp3) is 0.300. The summed E-state index contributed by atoms with van der Waals surface area (Å²) in [5.41, 5.74) is 1.84. The smallest absolute Gasteiger partial charge is 0.286 e. The number of amidine groups is 1. The molecule has 0 aliphatic carbocycles. The first-order valence-electron chi connectivity index (χ1n) is 9.16. The number of thioether (sulfide) groups is 1. The molecule has 1 aliphatic heterocycles. The number of carbonyl (C=O) groups excluding carboxylic acids is 1. The highest BCUT2D eigenvalue weighted by Crippen LogP contribution is 2.33. The largest absolute Gasteiger partial charge is 0.355 e. The monoisotopic (exact) mass is 417 g/mol. The molecule has 0 atom stereocenters. The van der Waals surface area contributed by atoms with E-state index in [1.807, 2.05) is 30.0 Å². The van der Waals surface area contributed by atoms with E-state index in [0.717, 1.165) is 24.6 Å². The first-order chi connectivity index (χ1) is 13.5. The molecule has 1 N–H and O–H groups in total. The van der Waals surface area contributed by atoms with Crippen LogP contribution in [0.4, 0.5) is 5.69 Å². The lowest BCUT2D eigenvalue weighted by Crippen LogP contribution is -2.35. The first kappa shape index (κ1) is 20.4. The number of anilines is 1. The maximum atomic E-state index is 12.4. The molecule has 148 valence electrons. The lowest BCUT2D eigenvalue weighted by Gasteiger charge is -2.29. The zero-order valence-corrected chi connectivity index (χ0v) is 17.3. The van der Waals surface area contributed by atoms with Crippen molar-refractivity contribution in [2.24, 2.45) is 4.40 Å². The number of para-hydroxylation sites is 1. The molecule has 6 nitrogen and oxygen atoms in total. The molecular weight excluding hydrogens is 394 g/mol. The van der Waals surface area contributed by atoms with Crippen molar-refractivity contribution in [3.63, 3.8) is 0 Å². The van der Waals surface area contributed by atoms with Crippen molar-refractivity contribution in [3.05, 3.63) is 60.2 Å². The highest BCUT2D eigenvalue weighted by molar-refractivity contribution is 8.15. The second-order valence-electron chi connectivity index (χ2n) is 6.29. The zero-order valence-electron chi connectivity index (χ0n) is 15.7. The van der Waals surface area contributed by atoms with E-state index in [0.29, 0.717) is 23.9 Å². The van der Waals surface area contributed by atoms with Gasteiger partial charge in [0.05, 0.1) is 11.4 Å². The van der Waals surface area contributed by atoms with Crippen LogP contribution in [-0.2, 0) is 21.2 Å². The highest BCUT2D eigenvalue weighted by atomic mass is 32.2. The number of rotatable bonds is 7. The van der Waals surface area contributed by atoms with Crippen LogP contribution in [0.15, 0.2) is 63.9 Å². The van der Waals surface area contributed by atoms with Gasteiger partial charge in [-0.2, -0.15) is 8.42 Å². The molecule has 0 saturated heterocycles. The molecule has 28 heavy (non-hydrogen) atoms. The number of hydrogen-bond donors (Lipinski definition) is 1. The minimum Gasteiger partial charge on any atom is -0.355 e. The minimum absolute atomic E-state index is 0.123. The molecule has 3 rings (SSSR count). The predicted octanol–water partition coefficient (Wildman–Crippen LogP) is 3.05. The lowest BCUT2D eigenvalue weighted by atomic mass is 10.1. The molecular formula is C20H23N3O3S2. The Morgan fingerprint density at radius 1 is 1.11 bits per heavy atom. The van der Waals surface area contributed by atoms with Crippen molar-refractivity contribution in [2.75, 3.05) is 23.7 Å². The van der Waals surface area contributed by atoms with E-state index in [-0.39, 0.29) is 16.6 Å². The van der Waals surface area contributed by atoms with Gasteiger partial charge in [-0.05, 0) is 37.5 Å². The summed E-state index contributed by atoms with van der Waals surface area (Å²) in [6.07, 6.45) is 1.75. The number of hydrogen-bond acceptors (Lipinski definition) is 5. The third kappa shape index (κ3) is 4.94. The van der Waals surface area contributed by atoms with E-state index in [4.69, 9.17) is 0 Å². The molecule has 0 saturated carbocycles. The van der Waals surface area contributed by atoms with Gasteiger partial charge >= 0.3 is 0 Å². The Balaban J connectivity index is 1.53. The molecule has 0 aromatic heterocycles. The van der Waals surface area contributed by atoms with Crippen LogP contribution >= 0.6 is 11.8 Å². The Morgan fingerprint density at radius 3 is 2.57 bits per heavy atom. The molecule has 0 spiro atoms. The van der Waals surface area contributed by atoms with Gasteiger partial charge < -0.3 is 10.2 Å². The van der Waals surface area contributed by atoms with Crippen LogP contribution in [-0.4, -0.2) is 38.3 Å². The summed E-state index contributed by atoms with van der Waals surface area (Å²) in [5.74, 6) is -0.00805. The number of carbonyl (C=O) groups is 1. The van der Waals surface area contributed by atoms with Gasteiger partial charge in [-0.3, -0.25) is 4.79 Å². The van der Waals surface area contributed by atoms with Gasteiger partial charge in [-0.1, -0.05) is 54.2 Å². The number of fused-ring (bicyclic) bond motifs is 1. The van der Waals surface area contributed by atoms with Gasteiger partial charge in [-0.15, -0.1) is 4.40 Å². The predicted molar refractivity (Wildman–Crippen MR) is 114 cm³/mol. The van der Waals surface area contributed by atoms with Crippen LogP contribution in [0.25, 0.3) is 0 Å². The summed E-state index contributed by atoms with van der Waals surface area (Å²) in [7, 11) is -3.74. The van der Waals surface area contributed by atoms with E-state index < -0.39 is 10.0 Å². The van der Waals surface area contributed by atoms with Crippen molar-refractivity contribution >= 4 is 38.5 Å². The topological polar surface area (TPSA) is 78.8 Å². The van der Waals surface area contributed by atoms with Crippen molar-refractivity contribution in [2.45, 2.75) is 24.7 Å². The summed E-state index contributed by atoms with van der Waals surface area (Å²) in [5, 5.41) is 3.22. The van der Waals surface area contributed by atoms with E-state index in [9.17, 15) is 13.2 Å². The summed E-state index contributed by atoms with van der Waals surface area (Å²) < 4.78 is 28.7. The molecule has 0 unspecified atom stereocenters. The first-order valence-corrected chi connectivity index (χ1v) is 11.6. The van der Waals surface area contributed by atoms with Crippen LogP contribution in [0, 0.1) is 0 Å². The van der Waals surface area contributed by atoms with Crippen molar-refractivity contribution in [3.8, 4) is 0 Å². The molecule has 0 bridgehead atoms. The maximum Gasteiger partial charge on any atom is 0.286 e. The zero-order chi connectivity index (χ0) is 20.0. The average molecular weight is 418 g/mol. The Labute approximate surface area is 170 Å². The quantitative estimate of drug-likeness (QED) is 0.701. The Bertz CT molecular complexity index is 960. The summed E-state index contributed by atoms with van der Waals surface area (Å²) in [4.78, 5) is 14.2. The number of aryl methyl sites for hydroxylation is 1. The van der Waals surface area contributed by atoms with Crippen molar-refractivity contribution in [1.29, 1.82) is 0 Å². The van der Waals surface area contributed by atoms with Gasteiger partial charge in [-0.25, -0.2) is 0 Å². The van der Waals surface area contributed by atoms with Gasteiger partial charge in [0, 0.05) is 13.1 Å². The Morgan fingerprint density at radius 2 is 1.82 bits per heavy atom. The standard InChI is InChI=1S/C20H23N3O3S2/c1-2-23-17-12-6-7-13-18(17)28(25,26)22-20(23)27-15-19(24)21-14-8-11-16-9-4-3-5-10-16/h3-7,9-10,12-13H,2,8,11,14-15H2,1H3,(H,21,24). The SMILES string of the molecule is CCN1C(SCC(=O)NCCCc2ccccc2)=NS(=O)(=O)c2ccccc21. The van der Waals surface area contributed by atoms with Crippen molar-refractivity contribution < 1.29 is 13.2 Å². The second-order valence-corrected chi connectivity index (χ2v) is 8.80. The third-order valence-corrected chi connectivity index (χ3v) is 6.73. The molecule has 1 aliphatic rings. The molecule has 2 aromatic carbocycles. The average Bonchev–Trinajstić information content (AvgIpc) is 2.70. The number of nitrogens with zero attached hydrogens (tertiary/aromatic N) is 2. The third-order valence-electron chi connectivity index (χ3n) is 4.32. The van der Waals surface area contributed by atoms with Crippen LogP contribution in [0.2, 0.25) is 0 Å². The molecule has 0 fully saturated rings. The fourth-order valence-electron chi connectivity index (χ4n) is 2.96. The summed E-state index contributed by atoms with van der Waals surface area (Å²) >= 11 is 1.14. The lowest BCUT2D eigenvalue weighted by molar-refractivity contribution is -0.118. The van der Waals surface area contributed by atoms with Gasteiger partial charge in [0.25, 0.3) is 10.0 Å². The normalized spacial score (nSPS) is 14.9. The highest BCUT2D eigenvalue weighted by Gasteiger charge is 2.30. The van der Waals surface area contributed by atoms with Crippen molar-refractivity contribution in [1.82, 2.24) is 5.32 Å². The Hall–Kier alpha value is -2.32. The fourth-order valence-corrected chi connectivity index (χ4v) is 5.30. The van der Waals surface area contributed by atoms with E-state index in [1.54, 1.807) is 24.3 Å². The Kier molecular flexibility index (Phi) is 6.74. The molecule has 2 aromatic rings. The molecule has 8 heteroatoms. The van der Waals surface area contributed by atoms with Crippen LogP contribution in [0.5, 0.6) is 0 Å². The number of amides is 1. The summed E-state index contributed by atoms with van der Waals surface area (Å²) in [6, 6.07) is 16.9. The van der Waals surface area contributed by atoms with Crippen LogP contribution in [0.1, 0.15) is 18.9 Å². The second kappa shape index (κ2) is 9.25. The number of benzene rings is 2.